The van der Waals surface area contributed by atoms with Gasteiger partial charge in [0.25, 0.3) is 5.78 Å². The van der Waals surface area contributed by atoms with Crippen LogP contribution in [0.1, 0.15) is 35.2 Å². The first kappa shape index (κ1) is 24.9. The number of Topliss-reactive ketones (excluding diaryl/α,β-unsaturated/α-hetero) is 1. The number of rotatable bonds is 5. The summed E-state index contributed by atoms with van der Waals surface area (Å²) in [4.78, 5) is 33.3. The SMILES string of the molecule is CCOc1ccc(C2/C(=C(\O)c3ccc4c(c3)OCCO4)C(=O)C(=O)N2c2nc3c(C)cc(C)cc3s2)cc1. The molecule has 1 aromatic heterocycles. The molecule has 39 heavy (non-hydrogen) atoms. The number of aromatic nitrogens is 1. The smallest absolute Gasteiger partial charge is 0.301 e. The fourth-order valence-corrected chi connectivity index (χ4v) is 6.23. The Morgan fingerprint density at radius 3 is 2.54 bits per heavy atom. The van der Waals surface area contributed by atoms with Crippen LogP contribution in [0.15, 0.2) is 60.2 Å². The molecule has 0 radical (unpaired) electrons. The molecule has 3 aromatic carbocycles. The highest BCUT2D eigenvalue weighted by atomic mass is 32.1. The highest BCUT2D eigenvalue weighted by Gasteiger charge is 2.48. The summed E-state index contributed by atoms with van der Waals surface area (Å²) in [7, 11) is 0. The number of fused-ring (bicyclic) bond motifs is 2. The van der Waals surface area contributed by atoms with Gasteiger partial charge in [-0.05, 0) is 73.9 Å². The number of anilines is 1. The molecule has 0 bridgehead atoms. The van der Waals surface area contributed by atoms with Crippen molar-refractivity contribution in [1.29, 1.82) is 0 Å². The topological polar surface area (TPSA) is 98.2 Å². The van der Waals surface area contributed by atoms with Crippen LogP contribution in [0, 0.1) is 13.8 Å². The van der Waals surface area contributed by atoms with Gasteiger partial charge in [-0.25, -0.2) is 4.98 Å². The van der Waals surface area contributed by atoms with Crippen LogP contribution in [-0.4, -0.2) is 41.6 Å². The fourth-order valence-electron chi connectivity index (χ4n) is 5.07. The Kier molecular flexibility index (Phi) is 6.23. The van der Waals surface area contributed by atoms with Gasteiger partial charge in [0, 0.05) is 5.56 Å². The quantitative estimate of drug-likeness (QED) is 0.196. The van der Waals surface area contributed by atoms with Gasteiger partial charge in [-0.1, -0.05) is 29.5 Å². The van der Waals surface area contributed by atoms with E-state index in [1.165, 1.54) is 16.2 Å². The Morgan fingerprint density at radius 1 is 1.05 bits per heavy atom. The third-order valence-electron chi connectivity index (χ3n) is 6.79. The number of ether oxygens (including phenoxy) is 3. The van der Waals surface area contributed by atoms with E-state index in [1.807, 2.05) is 32.9 Å². The van der Waals surface area contributed by atoms with E-state index in [0.29, 0.717) is 53.3 Å². The molecule has 1 saturated heterocycles. The van der Waals surface area contributed by atoms with Gasteiger partial charge >= 0.3 is 5.91 Å². The Morgan fingerprint density at radius 2 is 1.79 bits per heavy atom. The van der Waals surface area contributed by atoms with E-state index in [1.54, 1.807) is 42.5 Å². The van der Waals surface area contributed by atoms with E-state index in [2.05, 4.69) is 0 Å². The van der Waals surface area contributed by atoms with Crippen LogP contribution in [0.5, 0.6) is 17.2 Å². The van der Waals surface area contributed by atoms with Crippen molar-refractivity contribution in [2.75, 3.05) is 24.7 Å². The summed E-state index contributed by atoms with van der Waals surface area (Å²) in [6.07, 6.45) is 0. The van der Waals surface area contributed by atoms with Gasteiger partial charge in [0.2, 0.25) is 0 Å². The normalized spacial score (nSPS) is 18.1. The Hall–Kier alpha value is -4.37. The summed E-state index contributed by atoms with van der Waals surface area (Å²) in [6.45, 7) is 7.19. The molecule has 1 amide bonds. The van der Waals surface area contributed by atoms with Gasteiger partial charge < -0.3 is 19.3 Å². The molecule has 0 saturated carbocycles. The number of ketones is 1. The molecule has 1 N–H and O–H groups in total. The number of aliphatic hydroxyl groups excluding tert-OH is 1. The van der Waals surface area contributed by atoms with Crippen molar-refractivity contribution in [3.8, 4) is 17.2 Å². The molecule has 8 nitrogen and oxygen atoms in total. The number of carbonyl (C=O) groups excluding carboxylic acids is 2. The third kappa shape index (κ3) is 4.28. The van der Waals surface area contributed by atoms with E-state index in [9.17, 15) is 14.7 Å². The molecule has 2 aliphatic heterocycles. The van der Waals surface area contributed by atoms with Gasteiger partial charge in [-0.2, -0.15) is 0 Å². The largest absolute Gasteiger partial charge is 0.507 e. The highest BCUT2D eigenvalue weighted by Crippen LogP contribution is 2.45. The van der Waals surface area contributed by atoms with Gasteiger partial charge in [-0.3, -0.25) is 14.5 Å². The number of amides is 1. The summed E-state index contributed by atoms with van der Waals surface area (Å²) >= 11 is 1.34. The van der Waals surface area contributed by atoms with E-state index in [-0.39, 0.29) is 11.3 Å². The summed E-state index contributed by atoms with van der Waals surface area (Å²) in [6, 6.07) is 15.3. The molecule has 0 spiro atoms. The Balaban J connectivity index is 1.53. The van der Waals surface area contributed by atoms with Crippen molar-refractivity contribution in [2.24, 2.45) is 0 Å². The number of hydrogen-bond donors (Lipinski definition) is 1. The number of aliphatic hydroxyl groups is 1. The zero-order valence-corrected chi connectivity index (χ0v) is 22.5. The summed E-state index contributed by atoms with van der Waals surface area (Å²) in [5, 5.41) is 11.9. The molecule has 3 heterocycles. The van der Waals surface area contributed by atoms with Crippen LogP contribution in [0.3, 0.4) is 0 Å². The molecule has 6 rings (SSSR count). The lowest BCUT2D eigenvalue weighted by atomic mass is 9.95. The minimum absolute atomic E-state index is 0.0204. The number of aryl methyl sites for hydroxylation is 2. The predicted molar refractivity (Wildman–Crippen MR) is 149 cm³/mol. The van der Waals surface area contributed by atoms with Crippen molar-refractivity contribution >= 4 is 44.1 Å². The number of benzene rings is 3. The maximum absolute atomic E-state index is 13.6. The summed E-state index contributed by atoms with van der Waals surface area (Å²) in [5.41, 5.74) is 3.82. The van der Waals surface area contributed by atoms with Crippen molar-refractivity contribution in [3.05, 3.63) is 82.4 Å². The first-order valence-corrected chi connectivity index (χ1v) is 13.5. The molecule has 4 aromatic rings. The predicted octanol–water partition coefficient (Wildman–Crippen LogP) is 5.71. The van der Waals surface area contributed by atoms with Crippen LogP contribution in [0.25, 0.3) is 16.0 Å². The van der Waals surface area contributed by atoms with Gasteiger partial charge in [-0.15, -0.1) is 0 Å². The van der Waals surface area contributed by atoms with Gasteiger partial charge in [0.15, 0.2) is 16.6 Å². The van der Waals surface area contributed by atoms with Gasteiger partial charge in [0.05, 0.1) is 28.4 Å². The van der Waals surface area contributed by atoms with Crippen LogP contribution < -0.4 is 19.1 Å². The van der Waals surface area contributed by atoms with Gasteiger partial charge in [0.1, 0.15) is 24.7 Å². The first-order chi connectivity index (χ1) is 18.9. The average molecular weight is 543 g/mol. The number of thiazole rings is 1. The second-order valence-corrected chi connectivity index (χ2v) is 10.5. The molecule has 198 valence electrons. The molecule has 0 aliphatic carbocycles. The van der Waals surface area contributed by atoms with Crippen molar-refractivity contribution < 1.29 is 28.9 Å². The van der Waals surface area contributed by atoms with Crippen molar-refractivity contribution in [3.63, 3.8) is 0 Å². The maximum Gasteiger partial charge on any atom is 0.301 e. The fraction of sp³-hybridized carbons (Fsp3) is 0.233. The molecule has 1 atom stereocenters. The monoisotopic (exact) mass is 542 g/mol. The second kappa shape index (κ2) is 9.74. The molecule has 9 heteroatoms. The Labute approximate surface area is 229 Å². The zero-order chi connectivity index (χ0) is 27.3. The van der Waals surface area contributed by atoms with Crippen LogP contribution in [0.2, 0.25) is 0 Å². The van der Waals surface area contributed by atoms with Crippen molar-refractivity contribution in [1.82, 2.24) is 4.98 Å². The first-order valence-electron chi connectivity index (χ1n) is 12.7. The summed E-state index contributed by atoms with van der Waals surface area (Å²) in [5.74, 6) is -0.138. The molecule has 1 fully saturated rings. The minimum atomic E-state index is -0.893. The third-order valence-corrected chi connectivity index (χ3v) is 7.79. The van der Waals surface area contributed by atoms with E-state index in [4.69, 9.17) is 19.2 Å². The highest BCUT2D eigenvalue weighted by molar-refractivity contribution is 7.22. The number of carbonyl (C=O) groups is 2. The standard InChI is InChI=1S/C30H26N2O6S/c1-4-36-20-8-5-18(6-9-20)26-24(27(33)19-7-10-21-22(15-19)38-12-11-37-21)28(34)29(35)32(26)30-31-25-17(3)13-16(2)14-23(25)39-30/h5-10,13-15,26,33H,4,11-12H2,1-3H3/b27-24+. The maximum atomic E-state index is 13.6. The molecule has 2 aliphatic rings. The lowest BCUT2D eigenvalue weighted by Crippen LogP contribution is -2.29. The minimum Gasteiger partial charge on any atom is -0.507 e. The van der Waals surface area contributed by atoms with Crippen LogP contribution in [-0.2, 0) is 9.59 Å². The van der Waals surface area contributed by atoms with E-state index < -0.39 is 17.7 Å². The summed E-state index contributed by atoms with van der Waals surface area (Å²) < 4.78 is 17.8. The average Bonchev–Trinajstić information content (AvgIpc) is 3.47. The van der Waals surface area contributed by atoms with E-state index in [0.717, 1.165) is 21.3 Å². The number of hydrogen-bond acceptors (Lipinski definition) is 8. The molecular formula is C30H26N2O6S. The lowest BCUT2D eigenvalue weighted by molar-refractivity contribution is -0.132. The molecular weight excluding hydrogens is 516 g/mol. The van der Waals surface area contributed by atoms with Crippen LogP contribution in [0.4, 0.5) is 5.13 Å². The van der Waals surface area contributed by atoms with Crippen LogP contribution >= 0.6 is 11.3 Å². The second-order valence-electron chi connectivity index (χ2n) is 9.45. The van der Waals surface area contributed by atoms with Crippen molar-refractivity contribution in [2.45, 2.75) is 26.8 Å². The zero-order valence-electron chi connectivity index (χ0n) is 21.7. The Bertz CT molecular complexity index is 1660. The lowest BCUT2D eigenvalue weighted by Gasteiger charge is -2.23. The molecule has 1 unspecified atom stereocenters. The number of nitrogens with zero attached hydrogens (tertiary/aromatic N) is 2. The van der Waals surface area contributed by atoms with E-state index >= 15 is 0 Å².